The normalized spacial score (nSPS) is 12.4. The molecule has 1 atom stereocenters. The van der Waals surface area contributed by atoms with Crippen molar-refractivity contribution in [1.29, 1.82) is 0 Å². The van der Waals surface area contributed by atoms with E-state index in [2.05, 4.69) is 5.10 Å². The van der Waals surface area contributed by atoms with E-state index in [9.17, 15) is 14.5 Å². The van der Waals surface area contributed by atoms with Crippen molar-refractivity contribution >= 4 is 17.3 Å². The van der Waals surface area contributed by atoms with Crippen molar-refractivity contribution < 1.29 is 9.31 Å². The minimum absolute atomic E-state index is 0.160. The van der Waals surface area contributed by atoms with Gasteiger partial charge in [-0.1, -0.05) is 6.07 Å². The fourth-order valence-electron chi connectivity index (χ4n) is 2.41. The van der Waals surface area contributed by atoms with Crippen molar-refractivity contribution in [2.75, 3.05) is 0 Å². The minimum atomic E-state index is -0.843. The Kier molecular flexibility index (Phi) is 4.27. The van der Waals surface area contributed by atoms with Crippen LogP contribution in [0, 0.1) is 29.8 Å². The van der Waals surface area contributed by atoms with Crippen molar-refractivity contribution in [3.63, 3.8) is 0 Å². The van der Waals surface area contributed by atoms with Crippen LogP contribution in [0.4, 0.5) is 10.1 Å². The smallest absolute Gasteiger partial charge is 0.265 e. The second-order valence-electron chi connectivity index (χ2n) is 4.90. The van der Waals surface area contributed by atoms with Crippen molar-refractivity contribution in [1.82, 2.24) is 9.78 Å². The number of hydrogen-bond donors (Lipinski definition) is 0. The van der Waals surface area contributed by atoms with Gasteiger partial charge in [0.25, 0.3) is 0 Å². The molecule has 0 fully saturated rings. The van der Waals surface area contributed by atoms with Crippen LogP contribution < -0.4 is 0 Å². The summed E-state index contributed by atoms with van der Waals surface area (Å²) in [5, 5.41) is 14.8. The molecule has 0 aliphatic heterocycles. The number of aromatic nitrogens is 2. The Bertz CT molecular complexity index is 698. The highest BCUT2D eigenvalue weighted by Gasteiger charge is 2.17. The molecule has 5 nitrogen and oxygen atoms in total. The highest BCUT2D eigenvalue weighted by atomic mass is 35.5. The molecule has 0 bridgehead atoms. The molecule has 112 valence electrons. The van der Waals surface area contributed by atoms with Gasteiger partial charge in [-0.3, -0.25) is 14.8 Å². The van der Waals surface area contributed by atoms with Gasteiger partial charge in [0, 0.05) is 17.3 Å². The average Bonchev–Trinajstić information content (AvgIpc) is 2.63. The molecular formula is C14H15ClFN3O2. The third-order valence-electron chi connectivity index (χ3n) is 3.38. The quantitative estimate of drug-likeness (QED) is 0.489. The van der Waals surface area contributed by atoms with Crippen LogP contribution in [0.3, 0.4) is 0 Å². The fourth-order valence-corrected chi connectivity index (χ4v) is 2.73. The number of nitro groups is 1. The molecular weight excluding hydrogens is 297 g/mol. The fraction of sp³-hybridized carbons (Fsp3) is 0.357. The zero-order chi connectivity index (χ0) is 15.7. The largest absolute Gasteiger partial charge is 0.304 e. The Morgan fingerprint density at radius 1 is 1.48 bits per heavy atom. The third-order valence-corrected chi connectivity index (χ3v) is 3.59. The molecule has 0 aliphatic rings. The van der Waals surface area contributed by atoms with Gasteiger partial charge in [0.05, 0.1) is 22.5 Å². The first-order valence-corrected chi connectivity index (χ1v) is 6.85. The Labute approximate surface area is 126 Å². The molecule has 2 aromatic rings. The Balaban J connectivity index is 2.33. The van der Waals surface area contributed by atoms with Crippen LogP contribution in [-0.4, -0.2) is 14.7 Å². The highest BCUT2D eigenvalue weighted by Crippen LogP contribution is 2.27. The molecule has 0 saturated carbocycles. The molecule has 1 aromatic carbocycles. The van der Waals surface area contributed by atoms with Gasteiger partial charge in [0.2, 0.25) is 5.82 Å². The predicted molar refractivity (Wildman–Crippen MR) is 78.1 cm³/mol. The maximum atomic E-state index is 13.6. The number of benzene rings is 1. The van der Waals surface area contributed by atoms with Crippen molar-refractivity contribution in [2.24, 2.45) is 0 Å². The summed E-state index contributed by atoms with van der Waals surface area (Å²) in [7, 11) is 0. The first kappa shape index (κ1) is 15.4. The lowest BCUT2D eigenvalue weighted by molar-refractivity contribution is -0.387. The van der Waals surface area contributed by atoms with E-state index in [-0.39, 0.29) is 5.38 Å². The van der Waals surface area contributed by atoms with Gasteiger partial charge in [-0.25, -0.2) is 0 Å². The van der Waals surface area contributed by atoms with E-state index < -0.39 is 16.4 Å². The summed E-state index contributed by atoms with van der Waals surface area (Å²) in [4.78, 5) is 9.86. The number of nitro benzene ring substituents is 1. The molecule has 2 rings (SSSR count). The second-order valence-corrected chi connectivity index (χ2v) is 5.56. The number of aryl methyl sites for hydroxylation is 1. The van der Waals surface area contributed by atoms with Crippen LogP contribution in [0.5, 0.6) is 0 Å². The number of nitrogens with zero attached hydrogens (tertiary/aromatic N) is 3. The first-order chi connectivity index (χ1) is 9.81. The van der Waals surface area contributed by atoms with Gasteiger partial charge in [-0.15, -0.1) is 11.6 Å². The summed E-state index contributed by atoms with van der Waals surface area (Å²) in [5.41, 5.74) is 2.78. The van der Waals surface area contributed by atoms with E-state index in [1.54, 1.807) is 4.68 Å². The molecule has 0 aliphatic carbocycles. The molecule has 0 spiro atoms. The maximum Gasteiger partial charge on any atom is 0.304 e. The average molecular weight is 312 g/mol. The molecule has 0 amide bonds. The first-order valence-electron chi connectivity index (χ1n) is 6.42. The van der Waals surface area contributed by atoms with Crippen LogP contribution in [0.1, 0.15) is 34.8 Å². The molecule has 1 aromatic heterocycles. The maximum absolute atomic E-state index is 13.6. The summed E-state index contributed by atoms with van der Waals surface area (Å²) in [6.07, 6.45) is 0. The lowest BCUT2D eigenvalue weighted by Crippen LogP contribution is -2.05. The van der Waals surface area contributed by atoms with Gasteiger partial charge in [0.1, 0.15) is 0 Å². The van der Waals surface area contributed by atoms with Gasteiger partial charge >= 0.3 is 5.69 Å². The van der Waals surface area contributed by atoms with Crippen LogP contribution in [0.25, 0.3) is 0 Å². The molecule has 0 radical (unpaired) electrons. The summed E-state index contributed by atoms with van der Waals surface area (Å²) in [6, 6.07) is 3.86. The zero-order valence-corrected chi connectivity index (χ0v) is 12.7. The molecule has 0 N–H and O–H groups in total. The van der Waals surface area contributed by atoms with E-state index in [4.69, 9.17) is 11.6 Å². The third kappa shape index (κ3) is 3.05. The van der Waals surface area contributed by atoms with Gasteiger partial charge in [-0.2, -0.15) is 9.49 Å². The van der Waals surface area contributed by atoms with Crippen molar-refractivity contribution in [3.05, 3.63) is 56.6 Å². The highest BCUT2D eigenvalue weighted by molar-refractivity contribution is 6.20. The SMILES string of the molecule is Cc1nn(Cc2ccc([N+](=O)[O-])c(F)c2)c(C)c1C(C)Cl. The second kappa shape index (κ2) is 5.81. The van der Waals surface area contributed by atoms with Crippen LogP contribution in [0.15, 0.2) is 18.2 Å². The van der Waals surface area contributed by atoms with Crippen LogP contribution in [-0.2, 0) is 6.54 Å². The summed E-state index contributed by atoms with van der Waals surface area (Å²) >= 11 is 6.12. The number of rotatable bonds is 4. The summed E-state index contributed by atoms with van der Waals surface area (Å²) < 4.78 is 15.4. The van der Waals surface area contributed by atoms with Gasteiger partial charge in [-0.05, 0) is 32.4 Å². The van der Waals surface area contributed by atoms with E-state index in [0.717, 1.165) is 17.0 Å². The predicted octanol–water partition coefficient (Wildman–Crippen LogP) is 3.90. The lowest BCUT2D eigenvalue weighted by Gasteiger charge is -2.07. The van der Waals surface area contributed by atoms with Crippen LogP contribution in [0.2, 0.25) is 0 Å². The number of alkyl halides is 1. The van der Waals surface area contributed by atoms with E-state index in [1.807, 2.05) is 20.8 Å². The molecule has 0 saturated heterocycles. The molecule has 1 unspecified atom stereocenters. The summed E-state index contributed by atoms with van der Waals surface area (Å²) in [6.45, 7) is 5.98. The minimum Gasteiger partial charge on any atom is -0.265 e. The van der Waals surface area contributed by atoms with Crippen LogP contribution >= 0.6 is 11.6 Å². The van der Waals surface area contributed by atoms with E-state index in [1.165, 1.54) is 18.2 Å². The number of halogens is 2. The Hall–Kier alpha value is -1.95. The summed E-state index contributed by atoms with van der Waals surface area (Å²) in [5.74, 6) is -0.843. The number of hydrogen-bond acceptors (Lipinski definition) is 3. The molecule has 1 heterocycles. The monoisotopic (exact) mass is 311 g/mol. The standard InChI is InChI=1S/C14H15ClFN3O2/c1-8(15)14-9(2)17-18(10(14)3)7-11-4-5-13(19(20)21)12(16)6-11/h4-6,8H,7H2,1-3H3. The van der Waals surface area contributed by atoms with Gasteiger partial charge < -0.3 is 0 Å². The lowest BCUT2D eigenvalue weighted by atomic mass is 10.1. The molecule has 21 heavy (non-hydrogen) atoms. The zero-order valence-electron chi connectivity index (χ0n) is 11.9. The van der Waals surface area contributed by atoms with E-state index >= 15 is 0 Å². The topological polar surface area (TPSA) is 61.0 Å². The van der Waals surface area contributed by atoms with Crippen molar-refractivity contribution in [2.45, 2.75) is 32.7 Å². The Morgan fingerprint density at radius 3 is 2.62 bits per heavy atom. The Morgan fingerprint density at radius 2 is 2.14 bits per heavy atom. The molecule has 7 heteroatoms. The van der Waals surface area contributed by atoms with Gasteiger partial charge in [0.15, 0.2) is 0 Å². The van der Waals surface area contributed by atoms with E-state index in [0.29, 0.717) is 12.1 Å². The van der Waals surface area contributed by atoms with Crippen molar-refractivity contribution in [3.8, 4) is 0 Å².